The van der Waals surface area contributed by atoms with Crippen molar-refractivity contribution in [3.63, 3.8) is 0 Å². The van der Waals surface area contributed by atoms with E-state index >= 15 is 0 Å². The average molecular weight is 404 g/mol. The molecule has 7 nitrogen and oxygen atoms in total. The van der Waals surface area contributed by atoms with Crippen LogP contribution in [0.3, 0.4) is 0 Å². The van der Waals surface area contributed by atoms with Crippen LogP contribution in [-0.4, -0.2) is 34.5 Å². The van der Waals surface area contributed by atoms with E-state index in [1.54, 1.807) is 12.1 Å². The Hall–Kier alpha value is -2.74. The number of piperidine rings is 1. The fourth-order valence-electron chi connectivity index (χ4n) is 3.24. The first-order valence-corrected chi connectivity index (χ1v) is 10.7. The minimum absolute atomic E-state index is 0.0542. The Labute approximate surface area is 165 Å². The van der Waals surface area contributed by atoms with Crippen LogP contribution in [0.2, 0.25) is 0 Å². The van der Waals surface area contributed by atoms with Crippen LogP contribution in [0, 0.1) is 0 Å². The van der Waals surface area contributed by atoms with Gasteiger partial charge in [0.2, 0.25) is 5.91 Å². The van der Waals surface area contributed by atoms with E-state index in [4.69, 9.17) is 4.74 Å². The summed E-state index contributed by atoms with van der Waals surface area (Å²) in [5.74, 6) is 0.0133. The van der Waals surface area contributed by atoms with E-state index in [1.165, 1.54) is 51.5 Å². The van der Waals surface area contributed by atoms with Gasteiger partial charge < -0.3 is 15.0 Å². The van der Waals surface area contributed by atoms with E-state index in [-0.39, 0.29) is 16.6 Å². The molecular formula is C20H25N3O4S. The summed E-state index contributed by atoms with van der Waals surface area (Å²) in [5.41, 5.74) is 2.01. The molecule has 150 valence electrons. The van der Waals surface area contributed by atoms with E-state index in [0.717, 1.165) is 18.8 Å². The van der Waals surface area contributed by atoms with Gasteiger partial charge in [-0.25, -0.2) is 8.42 Å². The van der Waals surface area contributed by atoms with Crippen molar-refractivity contribution in [1.82, 2.24) is 0 Å². The minimum atomic E-state index is -3.79. The van der Waals surface area contributed by atoms with Crippen molar-refractivity contribution in [3.05, 3.63) is 42.5 Å². The lowest BCUT2D eigenvalue weighted by atomic mass is 10.1. The first kappa shape index (κ1) is 20.0. The molecular weight excluding hydrogens is 378 g/mol. The summed E-state index contributed by atoms with van der Waals surface area (Å²) in [5, 5.41) is 2.61. The zero-order valence-electron chi connectivity index (χ0n) is 16.1. The summed E-state index contributed by atoms with van der Waals surface area (Å²) in [6.45, 7) is 3.44. The Morgan fingerprint density at radius 1 is 1.04 bits per heavy atom. The predicted molar refractivity (Wildman–Crippen MR) is 111 cm³/mol. The van der Waals surface area contributed by atoms with Gasteiger partial charge in [-0.2, -0.15) is 0 Å². The molecule has 2 aromatic rings. The number of carbonyl (C=O) groups is 1. The van der Waals surface area contributed by atoms with Crippen LogP contribution in [0.1, 0.15) is 26.2 Å². The zero-order valence-corrected chi connectivity index (χ0v) is 16.9. The highest BCUT2D eigenvalue weighted by Gasteiger charge is 2.18. The fourth-order valence-corrected chi connectivity index (χ4v) is 4.31. The number of rotatable bonds is 6. The Morgan fingerprint density at radius 3 is 2.32 bits per heavy atom. The maximum Gasteiger partial charge on any atom is 0.262 e. The van der Waals surface area contributed by atoms with Gasteiger partial charge in [-0.3, -0.25) is 9.52 Å². The molecule has 0 aromatic heterocycles. The normalized spacial score (nSPS) is 14.4. The summed E-state index contributed by atoms with van der Waals surface area (Å²) >= 11 is 0. The number of anilines is 3. The molecule has 1 amide bonds. The molecule has 0 bridgehead atoms. The van der Waals surface area contributed by atoms with Crippen molar-refractivity contribution in [1.29, 1.82) is 0 Å². The van der Waals surface area contributed by atoms with Crippen LogP contribution >= 0.6 is 0 Å². The molecule has 0 unspecified atom stereocenters. The van der Waals surface area contributed by atoms with Gasteiger partial charge in [-0.15, -0.1) is 0 Å². The van der Waals surface area contributed by atoms with Crippen LogP contribution in [0.4, 0.5) is 17.1 Å². The summed E-state index contributed by atoms with van der Waals surface area (Å²) in [4.78, 5) is 13.6. The molecule has 1 heterocycles. The number of carbonyl (C=O) groups excluding carboxylic acids is 1. The molecule has 1 saturated heterocycles. The third-order valence-corrected chi connectivity index (χ3v) is 6.01. The van der Waals surface area contributed by atoms with E-state index < -0.39 is 10.0 Å². The molecule has 0 aliphatic carbocycles. The van der Waals surface area contributed by atoms with E-state index in [2.05, 4.69) is 14.9 Å². The molecule has 0 saturated carbocycles. The number of hydrogen-bond acceptors (Lipinski definition) is 5. The van der Waals surface area contributed by atoms with Gasteiger partial charge in [0.15, 0.2) is 0 Å². The lowest BCUT2D eigenvalue weighted by Crippen LogP contribution is -2.29. The molecule has 0 atom stereocenters. The molecule has 3 rings (SSSR count). The van der Waals surface area contributed by atoms with Crippen molar-refractivity contribution >= 4 is 33.0 Å². The number of amides is 1. The number of hydrogen-bond donors (Lipinski definition) is 2. The lowest BCUT2D eigenvalue weighted by Gasteiger charge is -2.28. The third kappa shape index (κ3) is 4.75. The number of benzene rings is 2. The van der Waals surface area contributed by atoms with Gasteiger partial charge in [0.1, 0.15) is 5.75 Å². The zero-order chi connectivity index (χ0) is 20.1. The number of sulfonamides is 1. The molecule has 2 aromatic carbocycles. The highest BCUT2D eigenvalue weighted by Crippen LogP contribution is 2.29. The van der Waals surface area contributed by atoms with Crippen LogP contribution in [0.15, 0.2) is 47.4 Å². The van der Waals surface area contributed by atoms with Crippen LogP contribution in [0.5, 0.6) is 5.75 Å². The van der Waals surface area contributed by atoms with Crippen molar-refractivity contribution in [2.24, 2.45) is 0 Å². The predicted octanol–water partition coefficient (Wildman–Crippen LogP) is 3.44. The van der Waals surface area contributed by atoms with Gasteiger partial charge >= 0.3 is 0 Å². The molecule has 0 radical (unpaired) electrons. The third-order valence-electron chi connectivity index (χ3n) is 4.63. The summed E-state index contributed by atoms with van der Waals surface area (Å²) < 4.78 is 33.2. The molecule has 1 aliphatic rings. The summed E-state index contributed by atoms with van der Waals surface area (Å²) in [6.07, 6.45) is 3.63. The SMILES string of the molecule is COc1cc(S(=O)(=O)Nc2ccc(N3CCCCC3)cc2)ccc1NC(C)=O. The molecule has 1 aliphatic heterocycles. The smallest absolute Gasteiger partial charge is 0.262 e. The maximum absolute atomic E-state index is 12.7. The Morgan fingerprint density at radius 2 is 1.71 bits per heavy atom. The van der Waals surface area contributed by atoms with Crippen molar-refractivity contribution in [3.8, 4) is 5.75 Å². The first-order chi connectivity index (χ1) is 13.4. The topological polar surface area (TPSA) is 87.7 Å². The number of nitrogens with zero attached hydrogens (tertiary/aromatic N) is 1. The van der Waals surface area contributed by atoms with Crippen molar-refractivity contribution < 1.29 is 17.9 Å². The number of nitrogens with one attached hydrogen (secondary N) is 2. The lowest BCUT2D eigenvalue weighted by molar-refractivity contribution is -0.114. The minimum Gasteiger partial charge on any atom is -0.495 e. The second-order valence-corrected chi connectivity index (χ2v) is 8.43. The van der Waals surface area contributed by atoms with E-state index in [0.29, 0.717) is 11.4 Å². The largest absolute Gasteiger partial charge is 0.495 e. The molecule has 28 heavy (non-hydrogen) atoms. The van der Waals surface area contributed by atoms with Gasteiger partial charge in [0.05, 0.1) is 17.7 Å². The maximum atomic E-state index is 12.7. The van der Waals surface area contributed by atoms with Gasteiger partial charge in [0.25, 0.3) is 10.0 Å². The highest BCUT2D eigenvalue weighted by atomic mass is 32.2. The van der Waals surface area contributed by atoms with Gasteiger partial charge in [0, 0.05) is 37.5 Å². The van der Waals surface area contributed by atoms with E-state index in [9.17, 15) is 13.2 Å². The van der Waals surface area contributed by atoms with Crippen molar-refractivity contribution in [2.45, 2.75) is 31.1 Å². The quantitative estimate of drug-likeness (QED) is 0.771. The monoisotopic (exact) mass is 403 g/mol. The molecule has 0 spiro atoms. The van der Waals surface area contributed by atoms with Crippen LogP contribution < -0.4 is 19.7 Å². The number of ether oxygens (including phenoxy) is 1. The molecule has 1 fully saturated rings. The van der Waals surface area contributed by atoms with Crippen LogP contribution in [-0.2, 0) is 14.8 Å². The standard InChI is InChI=1S/C20H25N3O4S/c1-15(24)21-19-11-10-18(14-20(19)27-2)28(25,26)22-16-6-8-17(9-7-16)23-12-4-3-5-13-23/h6-11,14,22H,3-5,12-13H2,1-2H3,(H,21,24). The molecule has 2 N–H and O–H groups in total. The second kappa shape index (κ2) is 8.52. The van der Waals surface area contributed by atoms with Gasteiger partial charge in [-0.05, 0) is 55.7 Å². The fraction of sp³-hybridized carbons (Fsp3) is 0.350. The summed E-state index contributed by atoms with van der Waals surface area (Å²) in [6, 6.07) is 11.7. The van der Waals surface area contributed by atoms with Crippen molar-refractivity contribution in [2.75, 3.05) is 35.1 Å². The molecule has 8 heteroatoms. The second-order valence-electron chi connectivity index (χ2n) is 6.74. The average Bonchev–Trinajstić information content (AvgIpc) is 2.68. The van der Waals surface area contributed by atoms with Crippen LogP contribution in [0.25, 0.3) is 0 Å². The Balaban J connectivity index is 1.76. The van der Waals surface area contributed by atoms with Gasteiger partial charge in [-0.1, -0.05) is 0 Å². The summed E-state index contributed by atoms with van der Waals surface area (Å²) in [7, 11) is -2.36. The van der Waals surface area contributed by atoms with E-state index in [1.807, 2.05) is 12.1 Å². The number of methoxy groups -OCH3 is 1. The Bertz CT molecular complexity index is 936. The Kier molecular flexibility index (Phi) is 6.08. The first-order valence-electron chi connectivity index (χ1n) is 9.22. The highest BCUT2D eigenvalue weighted by molar-refractivity contribution is 7.92.